The first-order chi connectivity index (χ1) is 20.4. The van der Waals surface area contributed by atoms with Crippen molar-refractivity contribution < 1.29 is 18.1 Å². The average Bonchev–Trinajstić information content (AvgIpc) is 2.93. The molecule has 4 aromatic carbocycles. The van der Waals surface area contributed by atoms with E-state index in [-0.39, 0.29) is 0 Å². The maximum Gasteiger partial charge on any atom is 0.384 e. The third-order valence-electron chi connectivity index (χ3n) is 6.90. The van der Waals surface area contributed by atoms with E-state index in [9.17, 15) is 0 Å². The molecule has 9 nitrogen and oxygen atoms in total. The van der Waals surface area contributed by atoms with Gasteiger partial charge in [0.25, 0.3) is 0 Å². The van der Waals surface area contributed by atoms with E-state index < -0.39 is 25.4 Å². The van der Waals surface area contributed by atoms with Crippen LogP contribution >= 0.6 is 25.4 Å². The van der Waals surface area contributed by atoms with Gasteiger partial charge in [0.05, 0.1) is 0 Å². The third kappa shape index (κ3) is 7.01. The van der Waals surface area contributed by atoms with Crippen LogP contribution in [0.2, 0.25) is 0 Å². The molecule has 0 saturated carbocycles. The van der Waals surface area contributed by atoms with Crippen LogP contribution in [0.25, 0.3) is 21.5 Å². The molecule has 0 unspecified atom stereocenters. The molecular weight excluding hydrogens is 599 g/mol. The Morgan fingerprint density at radius 2 is 0.930 bits per heavy atom. The summed E-state index contributed by atoms with van der Waals surface area (Å²) in [4.78, 5) is 0. The van der Waals surface area contributed by atoms with Crippen LogP contribution in [0.4, 0.5) is 0 Å². The van der Waals surface area contributed by atoms with Crippen LogP contribution < -0.4 is 18.1 Å². The first kappa shape index (κ1) is 32.1. The molecule has 1 heterocycles. The Hall–Kier alpha value is -2.31. The van der Waals surface area contributed by atoms with Crippen LogP contribution in [0.3, 0.4) is 0 Å². The summed E-state index contributed by atoms with van der Waals surface area (Å²) < 4.78 is 36.6. The van der Waals surface area contributed by atoms with E-state index in [0.29, 0.717) is 6.42 Å². The van der Waals surface area contributed by atoms with Gasteiger partial charge in [0.2, 0.25) is 16.9 Å². The van der Waals surface area contributed by atoms with Crippen LogP contribution in [0.5, 0.6) is 23.0 Å². The number of rotatable bonds is 9. The minimum absolute atomic E-state index is 0.634. The van der Waals surface area contributed by atoms with E-state index in [1.54, 1.807) is 0 Å². The molecule has 5 rings (SSSR count). The fraction of sp³-hybridized carbons (Fsp3) is 0.355. The van der Waals surface area contributed by atoms with Crippen LogP contribution in [0.15, 0.2) is 60.7 Å². The van der Waals surface area contributed by atoms with E-state index in [1.165, 1.54) is 0 Å². The molecular formula is C31H42N5O4P3. The van der Waals surface area contributed by atoms with E-state index in [1.807, 2.05) is 75.1 Å². The average molecular weight is 642 g/mol. The van der Waals surface area contributed by atoms with Gasteiger partial charge in [-0.2, -0.15) is 0 Å². The SMILES string of the molecule is CN(C)P1Oc2ccc3ccc(OP(N(C)C)N(C)C)cc3c2Cc2c(ccc3ccc(OP(N(C)C)N(C)C)cc23)O1. The number of benzene rings is 4. The summed E-state index contributed by atoms with van der Waals surface area (Å²) in [7, 11) is 17.0. The molecule has 1 aliphatic rings. The van der Waals surface area contributed by atoms with Crippen molar-refractivity contribution >= 4 is 47.0 Å². The second-order valence-corrected chi connectivity index (χ2v) is 17.6. The smallest absolute Gasteiger partial charge is 0.384 e. The van der Waals surface area contributed by atoms with Gasteiger partial charge in [0.15, 0.2) is 0 Å². The second kappa shape index (κ2) is 13.4. The van der Waals surface area contributed by atoms with Crippen molar-refractivity contribution in [3.05, 3.63) is 71.8 Å². The fourth-order valence-corrected chi connectivity index (χ4v) is 8.82. The molecule has 0 N–H and O–H groups in total. The maximum atomic E-state index is 6.58. The zero-order valence-electron chi connectivity index (χ0n) is 26.7. The molecule has 0 radical (unpaired) electrons. The second-order valence-electron chi connectivity index (χ2n) is 11.4. The molecule has 4 aromatic rings. The van der Waals surface area contributed by atoms with Crippen molar-refractivity contribution in [3.63, 3.8) is 0 Å². The third-order valence-corrected chi connectivity index (χ3v) is 11.7. The highest BCUT2D eigenvalue weighted by atomic mass is 31.2. The Morgan fingerprint density at radius 3 is 1.28 bits per heavy atom. The van der Waals surface area contributed by atoms with Crippen molar-refractivity contribution in [3.8, 4) is 23.0 Å². The summed E-state index contributed by atoms with van der Waals surface area (Å²) in [5.74, 6) is 3.31. The molecule has 0 bridgehead atoms. The first-order valence-electron chi connectivity index (χ1n) is 14.0. The molecule has 1 aliphatic heterocycles. The van der Waals surface area contributed by atoms with E-state index in [2.05, 4.69) is 79.3 Å². The lowest BCUT2D eigenvalue weighted by Crippen LogP contribution is -2.20. The van der Waals surface area contributed by atoms with Crippen molar-refractivity contribution in [2.24, 2.45) is 0 Å². The van der Waals surface area contributed by atoms with Crippen molar-refractivity contribution in [2.45, 2.75) is 6.42 Å². The molecule has 0 saturated heterocycles. The minimum atomic E-state index is -1.39. The van der Waals surface area contributed by atoms with Gasteiger partial charge in [-0.25, -0.2) is 23.4 Å². The fourth-order valence-electron chi connectivity index (χ4n) is 5.09. The summed E-state index contributed by atoms with van der Waals surface area (Å²) in [6.45, 7) is 0. The summed E-state index contributed by atoms with van der Waals surface area (Å²) in [6.07, 6.45) is 0.634. The lowest BCUT2D eigenvalue weighted by atomic mass is 9.93. The Labute approximate surface area is 259 Å². The molecule has 230 valence electrons. The number of nitrogens with zero attached hydrogens (tertiary/aromatic N) is 5. The van der Waals surface area contributed by atoms with Crippen molar-refractivity contribution in [1.29, 1.82) is 0 Å². The van der Waals surface area contributed by atoms with Gasteiger partial charge in [-0.3, -0.25) is 0 Å². The van der Waals surface area contributed by atoms with Crippen LogP contribution in [0.1, 0.15) is 11.1 Å². The first-order valence-corrected chi connectivity index (χ1v) is 17.5. The summed E-state index contributed by atoms with van der Waals surface area (Å²) in [5.41, 5.74) is 2.23. The molecule has 0 fully saturated rings. The number of fused-ring (bicyclic) bond motifs is 6. The normalized spacial score (nSPS) is 14.1. The Morgan fingerprint density at radius 1 is 0.558 bits per heavy atom. The highest BCUT2D eigenvalue weighted by Crippen LogP contribution is 2.51. The van der Waals surface area contributed by atoms with Gasteiger partial charge in [-0.15, -0.1) is 0 Å². The largest absolute Gasteiger partial charge is 0.444 e. The highest BCUT2D eigenvalue weighted by molar-refractivity contribution is 7.48. The Bertz CT molecular complexity index is 1470. The van der Waals surface area contributed by atoms with Crippen LogP contribution in [-0.4, -0.2) is 93.8 Å². The zero-order chi connectivity index (χ0) is 31.0. The monoisotopic (exact) mass is 641 g/mol. The van der Waals surface area contributed by atoms with Gasteiger partial charge >= 0.3 is 8.53 Å². The summed E-state index contributed by atoms with van der Waals surface area (Å²) in [6, 6.07) is 21.0. The zero-order valence-corrected chi connectivity index (χ0v) is 29.4. The molecule has 0 amide bonds. The molecule has 0 aromatic heterocycles. The molecule has 0 aliphatic carbocycles. The molecule has 0 atom stereocenters. The van der Waals surface area contributed by atoms with E-state index in [4.69, 9.17) is 18.1 Å². The van der Waals surface area contributed by atoms with Gasteiger partial charge in [0, 0.05) is 17.5 Å². The maximum absolute atomic E-state index is 6.58. The van der Waals surface area contributed by atoms with Crippen molar-refractivity contribution in [1.82, 2.24) is 23.4 Å². The predicted molar refractivity (Wildman–Crippen MR) is 182 cm³/mol. The summed E-state index contributed by atoms with van der Waals surface area (Å²) >= 11 is 0. The van der Waals surface area contributed by atoms with Crippen LogP contribution in [-0.2, 0) is 6.42 Å². The quantitative estimate of drug-likeness (QED) is 0.172. The highest BCUT2D eigenvalue weighted by Gasteiger charge is 2.28. The Balaban J connectivity index is 1.66. The van der Waals surface area contributed by atoms with Crippen LogP contribution in [0, 0.1) is 0 Å². The van der Waals surface area contributed by atoms with Gasteiger partial charge < -0.3 is 18.1 Å². The molecule has 12 heteroatoms. The Kier molecular flexibility index (Phi) is 9.97. The lowest BCUT2D eigenvalue weighted by molar-refractivity contribution is 0.412. The van der Waals surface area contributed by atoms with E-state index in [0.717, 1.165) is 55.7 Å². The van der Waals surface area contributed by atoms with Gasteiger partial charge in [-0.05, 0) is 128 Å². The van der Waals surface area contributed by atoms with E-state index >= 15 is 0 Å². The number of hydrogen-bond acceptors (Lipinski definition) is 9. The predicted octanol–water partition coefficient (Wildman–Crippen LogP) is 7.60. The van der Waals surface area contributed by atoms with Gasteiger partial charge in [-0.1, -0.05) is 24.3 Å². The molecule has 43 heavy (non-hydrogen) atoms. The summed E-state index contributed by atoms with van der Waals surface area (Å²) in [5, 5.41) is 4.49. The van der Waals surface area contributed by atoms with Crippen molar-refractivity contribution in [2.75, 3.05) is 70.5 Å². The van der Waals surface area contributed by atoms with Gasteiger partial charge in [0.1, 0.15) is 23.0 Å². The number of hydrogen-bond donors (Lipinski definition) is 0. The standard InChI is InChI=1S/C31H42N5O4P3/c1-32(2)41(33(3)4)37-24-15-11-22-13-17-30-28(26(22)19-24)21-29-27-20-25(38-42(34(5)6)35(7)8)16-12-23(27)14-18-31(29)40-43(39-30)36(9)10/h11-20H,21H2,1-10H3. The lowest BCUT2D eigenvalue weighted by Gasteiger charge is -2.30. The molecule has 0 spiro atoms. The minimum Gasteiger partial charge on any atom is -0.444 e. The topological polar surface area (TPSA) is 53.1 Å².